The first-order valence-corrected chi connectivity index (χ1v) is 8.83. The first-order valence-electron chi connectivity index (χ1n) is 7.18. The second kappa shape index (κ2) is 5.41. The van der Waals surface area contributed by atoms with Gasteiger partial charge in [0, 0.05) is 18.7 Å². The van der Waals surface area contributed by atoms with Crippen LogP contribution < -0.4 is 5.32 Å². The molecule has 0 aromatic heterocycles. The zero-order chi connectivity index (χ0) is 14.9. The Hall–Kier alpha value is -1.42. The molecule has 1 aromatic rings. The number of fused-ring (bicyclic) bond motifs is 1. The summed E-state index contributed by atoms with van der Waals surface area (Å²) in [6, 6.07) is 9.10. The van der Waals surface area contributed by atoms with E-state index < -0.39 is 15.4 Å². The van der Waals surface area contributed by atoms with Crippen molar-refractivity contribution in [1.82, 2.24) is 5.32 Å². The van der Waals surface area contributed by atoms with Crippen LogP contribution in [0.15, 0.2) is 29.2 Å². The topological polar surface area (TPSA) is 79.2 Å². The Morgan fingerprint density at radius 2 is 2.24 bits per heavy atom. The van der Waals surface area contributed by atoms with Crippen LogP contribution in [0.5, 0.6) is 0 Å². The average Bonchev–Trinajstić information content (AvgIpc) is 3.01. The summed E-state index contributed by atoms with van der Waals surface area (Å²) < 4.78 is 29.9. The van der Waals surface area contributed by atoms with E-state index in [2.05, 4.69) is 11.4 Å². The van der Waals surface area contributed by atoms with Crippen molar-refractivity contribution in [3.63, 3.8) is 0 Å². The molecule has 1 aromatic carbocycles. The molecule has 0 amide bonds. The Bertz CT molecular complexity index is 674. The van der Waals surface area contributed by atoms with Crippen LogP contribution in [0, 0.1) is 11.3 Å². The molecule has 0 bridgehead atoms. The number of hydrogen-bond donors (Lipinski definition) is 1. The number of ether oxygens (including phenoxy) is 1. The van der Waals surface area contributed by atoms with Gasteiger partial charge < -0.3 is 4.74 Å². The van der Waals surface area contributed by atoms with Crippen LogP contribution >= 0.6 is 0 Å². The van der Waals surface area contributed by atoms with Crippen molar-refractivity contribution in [2.45, 2.75) is 35.8 Å². The number of hydrogen-bond acceptors (Lipinski definition) is 5. The van der Waals surface area contributed by atoms with Crippen LogP contribution in [-0.2, 0) is 20.1 Å². The quantitative estimate of drug-likeness (QED) is 0.912. The fraction of sp³-hybridized carbons (Fsp3) is 0.533. The van der Waals surface area contributed by atoms with Crippen molar-refractivity contribution in [3.05, 3.63) is 29.8 Å². The number of rotatable bonds is 3. The fourth-order valence-corrected chi connectivity index (χ4v) is 4.71. The van der Waals surface area contributed by atoms with Gasteiger partial charge in [-0.15, -0.1) is 0 Å². The second-order valence-electron chi connectivity index (χ2n) is 5.60. The third-order valence-corrected chi connectivity index (χ3v) is 6.04. The van der Waals surface area contributed by atoms with Gasteiger partial charge in [-0.3, -0.25) is 5.32 Å². The molecule has 2 unspecified atom stereocenters. The summed E-state index contributed by atoms with van der Waals surface area (Å²) in [4.78, 5) is 0.276. The van der Waals surface area contributed by atoms with E-state index in [1.807, 2.05) is 0 Å². The Balaban J connectivity index is 1.93. The van der Waals surface area contributed by atoms with Gasteiger partial charge in [0.05, 0.1) is 22.8 Å². The maximum absolute atomic E-state index is 12.2. The Labute approximate surface area is 124 Å². The molecule has 0 saturated carbocycles. The first kappa shape index (κ1) is 14.5. The smallest absolute Gasteiger partial charge is 0.178 e. The van der Waals surface area contributed by atoms with E-state index in [9.17, 15) is 13.7 Å². The Morgan fingerprint density at radius 3 is 2.95 bits per heavy atom. The number of nitrogens with one attached hydrogen (secondary N) is 1. The van der Waals surface area contributed by atoms with Crippen molar-refractivity contribution in [2.75, 3.05) is 18.9 Å². The van der Waals surface area contributed by atoms with E-state index in [0.717, 1.165) is 19.4 Å². The molecule has 1 fully saturated rings. The molecule has 2 heterocycles. The highest BCUT2D eigenvalue weighted by atomic mass is 32.2. The first-order chi connectivity index (χ1) is 10.1. The second-order valence-corrected chi connectivity index (χ2v) is 7.68. The van der Waals surface area contributed by atoms with Gasteiger partial charge in [-0.1, -0.05) is 18.2 Å². The van der Waals surface area contributed by atoms with Crippen molar-refractivity contribution in [2.24, 2.45) is 0 Å². The average molecular weight is 306 g/mol. The van der Waals surface area contributed by atoms with E-state index in [0.29, 0.717) is 12.1 Å². The Kier molecular flexibility index (Phi) is 3.74. The number of nitriles is 1. The zero-order valence-corrected chi connectivity index (χ0v) is 12.5. The van der Waals surface area contributed by atoms with Crippen molar-refractivity contribution in [3.8, 4) is 6.07 Å². The molecule has 3 rings (SSSR count). The van der Waals surface area contributed by atoms with E-state index in [-0.39, 0.29) is 23.2 Å². The van der Waals surface area contributed by atoms with Gasteiger partial charge in [0.25, 0.3) is 0 Å². The van der Waals surface area contributed by atoms with Crippen LogP contribution in [0.4, 0.5) is 0 Å². The van der Waals surface area contributed by atoms with E-state index in [1.54, 1.807) is 24.3 Å². The third kappa shape index (κ3) is 2.57. The molecule has 112 valence electrons. The van der Waals surface area contributed by atoms with Gasteiger partial charge in [-0.05, 0) is 25.3 Å². The predicted octanol–water partition coefficient (Wildman–Crippen LogP) is 1.35. The predicted molar refractivity (Wildman–Crippen MR) is 77.4 cm³/mol. The third-order valence-electron chi connectivity index (χ3n) is 4.27. The minimum Gasteiger partial charge on any atom is -0.377 e. The summed E-state index contributed by atoms with van der Waals surface area (Å²) in [5.41, 5.74) is -0.370. The normalized spacial score (nSPS) is 30.5. The summed E-state index contributed by atoms with van der Waals surface area (Å²) in [6.07, 6.45) is 2.40. The molecule has 0 aliphatic carbocycles. The SMILES string of the molecule is N#CC1(NCC2CCCO2)CCS(=O)(=O)c2ccccc21. The standard InChI is InChI=1S/C15H18N2O3S/c16-11-15(17-10-12-4-3-8-20-12)7-9-21(18,19)14-6-2-1-5-13(14)15/h1-2,5-6,12,17H,3-4,7-10H2. The van der Waals surface area contributed by atoms with Crippen LogP contribution in [0.3, 0.4) is 0 Å². The van der Waals surface area contributed by atoms with E-state index in [4.69, 9.17) is 4.74 Å². The number of sulfone groups is 1. The maximum atomic E-state index is 12.2. The van der Waals surface area contributed by atoms with Gasteiger partial charge in [-0.25, -0.2) is 8.42 Å². The highest BCUT2D eigenvalue weighted by molar-refractivity contribution is 7.91. The van der Waals surface area contributed by atoms with Crippen molar-refractivity contribution in [1.29, 1.82) is 5.26 Å². The van der Waals surface area contributed by atoms with Crippen molar-refractivity contribution < 1.29 is 13.2 Å². The fourth-order valence-electron chi connectivity index (χ4n) is 3.06. The van der Waals surface area contributed by atoms with Crippen molar-refractivity contribution >= 4 is 9.84 Å². The minimum absolute atomic E-state index is 0.00387. The summed E-state index contributed by atoms with van der Waals surface area (Å²) in [5.74, 6) is -0.00387. The molecule has 2 aliphatic heterocycles. The Morgan fingerprint density at radius 1 is 1.43 bits per heavy atom. The van der Waals surface area contributed by atoms with Crippen LogP contribution in [0.25, 0.3) is 0 Å². The lowest BCUT2D eigenvalue weighted by Crippen LogP contribution is -2.48. The van der Waals surface area contributed by atoms with Gasteiger partial charge in [-0.2, -0.15) is 5.26 Å². The highest BCUT2D eigenvalue weighted by Gasteiger charge is 2.42. The van der Waals surface area contributed by atoms with Gasteiger partial charge in [0.2, 0.25) is 0 Å². The van der Waals surface area contributed by atoms with Gasteiger partial charge >= 0.3 is 0 Å². The summed E-state index contributed by atoms with van der Waals surface area (Å²) in [6.45, 7) is 1.33. The molecule has 2 atom stereocenters. The maximum Gasteiger partial charge on any atom is 0.178 e. The molecular weight excluding hydrogens is 288 g/mol. The van der Waals surface area contributed by atoms with Crippen LogP contribution in [0.2, 0.25) is 0 Å². The van der Waals surface area contributed by atoms with Gasteiger partial charge in [0.1, 0.15) is 5.54 Å². The summed E-state index contributed by atoms with van der Waals surface area (Å²) >= 11 is 0. The lowest BCUT2D eigenvalue weighted by Gasteiger charge is -2.34. The molecule has 21 heavy (non-hydrogen) atoms. The zero-order valence-electron chi connectivity index (χ0n) is 11.7. The number of benzene rings is 1. The van der Waals surface area contributed by atoms with Gasteiger partial charge in [0.15, 0.2) is 9.84 Å². The van der Waals surface area contributed by atoms with Crippen LogP contribution in [-0.4, -0.2) is 33.4 Å². The molecule has 6 heteroatoms. The molecule has 1 N–H and O–H groups in total. The summed E-state index contributed by atoms with van der Waals surface area (Å²) in [5, 5.41) is 13.0. The molecule has 0 radical (unpaired) electrons. The lowest BCUT2D eigenvalue weighted by molar-refractivity contribution is 0.103. The molecule has 1 saturated heterocycles. The molecule has 0 spiro atoms. The monoisotopic (exact) mass is 306 g/mol. The molecule has 5 nitrogen and oxygen atoms in total. The molecule has 2 aliphatic rings. The number of nitrogens with zero attached hydrogens (tertiary/aromatic N) is 1. The summed E-state index contributed by atoms with van der Waals surface area (Å²) in [7, 11) is -3.28. The molecular formula is C15H18N2O3S. The van der Waals surface area contributed by atoms with E-state index >= 15 is 0 Å². The van der Waals surface area contributed by atoms with Crippen LogP contribution in [0.1, 0.15) is 24.8 Å². The lowest BCUT2D eigenvalue weighted by atomic mass is 9.88. The minimum atomic E-state index is -3.28. The highest BCUT2D eigenvalue weighted by Crippen LogP contribution is 2.36. The van der Waals surface area contributed by atoms with E-state index in [1.165, 1.54) is 0 Å². The largest absolute Gasteiger partial charge is 0.377 e.